The highest BCUT2D eigenvalue weighted by atomic mass is 32.1. The summed E-state index contributed by atoms with van der Waals surface area (Å²) in [6, 6.07) is 51.9. The molecule has 0 aliphatic rings. The van der Waals surface area contributed by atoms with Gasteiger partial charge in [0.05, 0.1) is 55.9 Å². The third kappa shape index (κ3) is 4.55. The molecule has 0 bridgehead atoms. The van der Waals surface area contributed by atoms with Crippen molar-refractivity contribution in [2.24, 2.45) is 0 Å². The predicted molar refractivity (Wildman–Crippen MR) is 246 cm³/mol. The summed E-state index contributed by atoms with van der Waals surface area (Å²) < 4.78 is 44.2. The van der Waals surface area contributed by atoms with Crippen LogP contribution in [-0.4, -0.2) is 28.7 Å². The number of hydrogen-bond acceptors (Lipinski definition) is 5. The number of thiophene rings is 1. The van der Waals surface area contributed by atoms with Gasteiger partial charge in [-0.1, -0.05) is 109 Å². The Kier molecular flexibility index (Phi) is 6.04. The summed E-state index contributed by atoms with van der Waals surface area (Å²) in [4.78, 5) is 15.9. The van der Waals surface area contributed by atoms with Gasteiger partial charge in [-0.3, -0.25) is 9.13 Å². The fourth-order valence-electron chi connectivity index (χ4n) is 9.18. The Morgan fingerprint density at radius 3 is 1.85 bits per heavy atom. The third-order valence-corrected chi connectivity index (χ3v) is 12.8. The molecule has 7 nitrogen and oxygen atoms in total. The zero-order chi connectivity index (χ0) is 43.0. The van der Waals surface area contributed by atoms with Crippen LogP contribution >= 0.6 is 11.3 Å². The van der Waals surface area contributed by atoms with Crippen molar-refractivity contribution in [3.05, 3.63) is 181 Å². The number of aromatic nitrogens is 6. The molecule has 0 radical (unpaired) electrons. The van der Waals surface area contributed by atoms with Crippen LogP contribution in [0.2, 0.25) is 0 Å². The molecule has 0 amide bonds. The molecule has 13 aromatic rings. The summed E-state index contributed by atoms with van der Waals surface area (Å²) in [6.45, 7) is 0. The fraction of sp³-hybridized carbons (Fsp3) is 0. The summed E-state index contributed by atoms with van der Waals surface area (Å²) in [5.41, 5.74) is 6.70. The number of benzene rings is 8. The van der Waals surface area contributed by atoms with E-state index in [1.165, 1.54) is 20.2 Å². The largest absolute Gasteiger partial charge is 0.308 e. The van der Waals surface area contributed by atoms with Crippen molar-refractivity contribution in [2.45, 2.75) is 0 Å². The van der Waals surface area contributed by atoms with Crippen LogP contribution in [0.3, 0.4) is 0 Å². The molecule has 0 aliphatic heterocycles. The molecule has 13 rings (SSSR count). The first-order valence-corrected chi connectivity index (χ1v) is 20.3. The maximum Gasteiger partial charge on any atom is 0.240 e. The van der Waals surface area contributed by atoms with Gasteiger partial charge in [0.25, 0.3) is 0 Å². The van der Waals surface area contributed by atoms with Gasteiger partial charge in [-0.2, -0.15) is 20.2 Å². The summed E-state index contributed by atoms with van der Waals surface area (Å²) in [7, 11) is 0. The molecule has 0 N–H and O–H groups in total. The molecule has 8 aromatic carbocycles. The molecule has 0 unspecified atom stereocenters. The number of nitriles is 1. The molecule has 0 atom stereocenters. The maximum absolute atomic E-state index is 9.94. The van der Waals surface area contributed by atoms with Crippen LogP contribution in [0, 0.1) is 11.3 Å². The number of hydrogen-bond donors (Lipinski definition) is 0. The van der Waals surface area contributed by atoms with Crippen LogP contribution in [0.15, 0.2) is 176 Å². The minimum atomic E-state index is -0.351. The van der Waals surface area contributed by atoms with Gasteiger partial charge in [-0.05, 0) is 66.7 Å². The second-order valence-electron chi connectivity index (χ2n) is 14.8. The molecular weight excluding hydrogens is 755 g/mol. The Morgan fingerprint density at radius 2 is 1.08 bits per heavy atom. The summed E-state index contributed by atoms with van der Waals surface area (Å²) in [5.74, 6) is 0.834. The first-order valence-electron chi connectivity index (χ1n) is 21.5. The maximum atomic E-state index is 9.94. The van der Waals surface area contributed by atoms with Crippen LogP contribution in [0.5, 0.6) is 0 Å². The first kappa shape index (κ1) is 29.1. The van der Waals surface area contributed by atoms with Crippen LogP contribution < -0.4 is 0 Å². The number of para-hydroxylation sites is 5. The van der Waals surface area contributed by atoms with Crippen LogP contribution in [0.1, 0.15) is 11.0 Å². The number of rotatable bonds is 4. The van der Waals surface area contributed by atoms with E-state index >= 15 is 0 Å². The molecule has 5 heterocycles. The molecule has 5 aromatic heterocycles. The zero-order valence-corrected chi connectivity index (χ0v) is 32.3. The molecule has 0 spiro atoms. The van der Waals surface area contributed by atoms with Gasteiger partial charge < -0.3 is 4.57 Å². The van der Waals surface area contributed by atoms with Crippen molar-refractivity contribution < 1.29 is 5.48 Å². The summed E-state index contributed by atoms with van der Waals surface area (Å²) in [5, 5.41) is 17.3. The lowest BCUT2D eigenvalue weighted by atomic mass is 10.1. The van der Waals surface area contributed by atoms with Crippen molar-refractivity contribution in [3.8, 4) is 35.0 Å². The summed E-state index contributed by atoms with van der Waals surface area (Å²) >= 11 is 1.78. The molecular formula is C52H29N7S. The molecule has 8 heteroatoms. The van der Waals surface area contributed by atoms with Gasteiger partial charge in [0, 0.05) is 58.1 Å². The molecule has 0 fully saturated rings. The van der Waals surface area contributed by atoms with Crippen LogP contribution in [0.4, 0.5) is 0 Å². The van der Waals surface area contributed by atoms with Gasteiger partial charge in [0.15, 0.2) is 5.82 Å². The normalized spacial score (nSPS) is 12.9. The van der Waals surface area contributed by atoms with Crippen molar-refractivity contribution in [1.29, 1.82) is 5.26 Å². The Balaban J connectivity index is 1.19. The van der Waals surface area contributed by atoms with E-state index in [1.807, 2.05) is 83.4 Å². The van der Waals surface area contributed by atoms with E-state index in [4.69, 9.17) is 19.1 Å². The lowest BCUT2D eigenvalue weighted by molar-refractivity contribution is 0.892. The Hall–Kier alpha value is -8.12. The average Bonchev–Trinajstić information content (AvgIpc) is 4.09. The quantitative estimate of drug-likeness (QED) is 0.178. The highest BCUT2D eigenvalue weighted by Crippen LogP contribution is 2.44. The van der Waals surface area contributed by atoms with E-state index in [0.717, 1.165) is 54.9 Å². The van der Waals surface area contributed by atoms with Crippen molar-refractivity contribution in [1.82, 2.24) is 28.7 Å². The van der Waals surface area contributed by atoms with Crippen LogP contribution in [0.25, 0.3) is 115 Å². The standard InChI is InChI=1S/C52H29N7S/c53-30-31-25-27-45-39(29-31)35-16-4-10-22-43(35)59(45)52-55-50(54-51(56-52)58-41-20-8-1-13-32(41)33-14-2-9-21-42(33)58)37-17-5-11-23-44(37)57-40-19-7-3-15-34(40)36-26-28-47-48(49(36)57)38-18-6-12-24-46(38)60-47/h1-29H/i1D,8D,13D,20D. The van der Waals surface area contributed by atoms with E-state index in [1.54, 1.807) is 22.0 Å². The highest BCUT2D eigenvalue weighted by Gasteiger charge is 2.24. The Bertz CT molecular complexity index is 4230. The SMILES string of the molecule is [2H]c1c([2H])c([2H])c2c(c1[2H])c1ccccc1n2-c1nc(-c2ccccc2-n2c3ccccc3c3ccc4sc5ccccc5c4c32)nc(-n2c3ccccc3c3cc(C#N)ccc32)n1. The summed E-state index contributed by atoms with van der Waals surface area (Å²) in [6.07, 6.45) is 0. The highest BCUT2D eigenvalue weighted by molar-refractivity contribution is 7.26. The second kappa shape index (κ2) is 12.4. The van der Waals surface area contributed by atoms with E-state index in [0.29, 0.717) is 33.6 Å². The number of nitrogens with zero attached hydrogens (tertiary/aromatic N) is 7. The third-order valence-electron chi connectivity index (χ3n) is 11.7. The minimum Gasteiger partial charge on any atom is -0.308 e. The Morgan fingerprint density at radius 1 is 0.483 bits per heavy atom. The minimum absolute atomic E-state index is 0.139. The van der Waals surface area contributed by atoms with E-state index in [2.05, 4.69) is 77.4 Å². The Labute approximate surface area is 351 Å². The molecule has 0 saturated heterocycles. The molecule has 0 aliphatic carbocycles. The van der Waals surface area contributed by atoms with Crippen molar-refractivity contribution >= 4 is 96.9 Å². The van der Waals surface area contributed by atoms with E-state index in [-0.39, 0.29) is 35.6 Å². The molecule has 278 valence electrons. The van der Waals surface area contributed by atoms with Gasteiger partial charge in [-0.25, -0.2) is 0 Å². The lowest BCUT2D eigenvalue weighted by Crippen LogP contribution is -2.11. The van der Waals surface area contributed by atoms with Gasteiger partial charge >= 0.3 is 0 Å². The van der Waals surface area contributed by atoms with E-state index < -0.39 is 0 Å². The number of fused-ring (bicyclic) bond motifs is 13. The van der Waals surface area contributed by atoms with Crippen molar-refractivity contribution in [3.63, 3.8) is 0 Å². The average molecular weight is 788 g/mol. The van der Waals surface area contributed by atoms with Gasteiger partial charge in [0.1, 0.15) is 0 Å². The lowest BCUT2D eigenvalue weighted by Gasteiger charge is -2.16. The van der Waals surface area contributed by atoms with E-state index in [9.17, 15) is 6.63 Å². The smallest absolute Gasteiger partial charge is 0.240 e. The molecule has 60 heavy (non-hydrogen) atoms. The fourth-order valence-corrected chi connectivity index (χ4v) is 10.3. The molecule has 0 saturated carbocycles. The monoisotopic (exact) mass is 787 g/mol. The topological polar surface area (TPSA) is 77.2 Å². The van der Waals surface area contributed by atoms with Crippen molar-refractivity contribution in [2.75, 3.05) is 0 Å². The zero-order valence-electron chi connectivity index (χ0n) is 35.5. The van der Waals surface area contributed by atoms with Gasteiger partial charge in [0.2, 0.25) is 11.9 Å². The predicted octanol–water partition coefficient (Wildman–Crippen LogP) is 13.1. The van der Waals surface area contributed by atoms with Gasteiger partial charge in [-0.15, -0.1) is 11.3 Å². The first-order chi connectivity index (χ1) is 31.4. The second-order valence-corrected chi connectivity index (χ2v) is 15.9. The van der Waals surface area contributed by atoms with Crippen LogP contribution in [-0.2, 0) is 0 Å².